The molecule has 0 bridgehead atoms. The zero-order valence-corrected chi connectivity index (χ0v) is 17.7. The smallest absolute Gasteiger partial charge is 0.121 e. The van der Waals surface area contributed by atoms with Gasteiger partial charge in [0.15, 0.2) is 0 Å². The van der Waals surface area contributed by atoms with E-state index in [1.165, 1.54) is 11.1 Å². The van der Waals surface area contributed by atoms with Crippen LogP contribution in [0.3, 0.4) is 0 Å². The van der Waals surface area contributed by atoms with E-state index in [0.717, 1.165) is 64.0 Å². The average molecular weight is 409 g/mol. The second-order valence-electron chi connectivity index (χ2n) is 8.13. The van der Waals surface area contributed by atoms with Crippen LogP contribution in [0.2, 0.25) is 0 Å². The van der Waals surface area contributed by atoms with Crippen molar-refractivity contribution in [1.82, 2.24) is 10.2 Å². The van der Waals surface area contributed by atoms with Gasteiger partial charge in [-0.1, -0.05) is 6.07 Å². The summed E-state index contributed by atoms with van der Waals surface area (Å²) in [5, 5.41) is 21.7. The van der Waals surface area contributed by atoms with E-state index in [1.807, 2.05) is 31.2 Å². The number of fused-ring (bicyclic) bond motifs is 2. The Morgan fingerprint density at radius 3 is 2.84 bits per heavy atom. The third-order valence-electron chi connectivity index (χ3n) is 6.16. The molecule has 3 aromatic carbocycles. The van der Waals surface area contributed by atoms with E-state index in [2.05, 4.69) is 51.9 Å². The van der Waals surface area contributed by atoms with Gasteiger partial charge in [0.2, 0.25) is 0 Å². The molecule has 1 heterocycles. The fourth-order valence-corrected chi connectivity index (χ4v) is 4.58. The lowest BCUT2D eigenvalue weighted by Crippen LogP contribution is -2.17. The molecule has 0 saturated heterocycles. The Balaban J connectivity index is 1.48. The summed E-state index contributed by atoms with van der Waals surface area (Å²) >= 11 is 0. The first-order valence-corrected chi connectivity index (χ1v) is 10.6. The highest BCUT2D eigenvalue weighted by Gasteiger charge is 2.21. The van der Waals surface area contributed by atoms with Gasteiger partial charge in [-0.2, -0.15) is 10.4 Å². The first kappa shape index (κ1) is 19.2. The Morgan fingerprint density at radius 1 is 1.13 bits per heavy atom. The van der Waals surface area contributed by atoms with Gasteiger partial charge in [-0.15, -0.1) is 0 Å². The fraction of sp³-hybridized carbons (Fsp3) is 0.231. The van der Waals surface area contributed by atoms with Crippen LogP contribution >= 0.6 is 0 Å². The van der Waals surface area contributed by atoms with Gasteiger partial charge in [0.1, 0.15) is 5.75 Å². The lowest BCUT2D eigenvalue weighted by atomic mass is 9.86. The Kier molecular flexibility index (Phi) is 4.83. The highest BCUT2D eigenvalue weighted by Crippen LogP contribution is 2.35. The predicted molar refractivity (Wildman–Crippen MR) is 123 cm³/mol. The van der Waals surface area contributed by atoms with Gasteiger partial charge in [-0.3, -0.25) is 5.10 Å². The minimum Gasteiger partial charge on any atom is -0.496 e. The molecule has 5 nitrogen and oxygen atoms in total. The molecule has 31 heavy (non-hydrogen) atoms. The van der Waals surface area contributed by atoms with Gasteiger partial charge < -0.3 is 10.1 Å². The third kappa shape index (κ3) is 3.51. The minimum absolute atomic E-state index is 0.243. The van der Waals surface area contributed by atoms with Crippen molar-refractivity contribution in [3.63, 3.8) is 0 Å². The SMILES string of the molecule is COc1ccc(-c2n[nH]c3ccc(NC4CCCc5cc(C#N)ccc54)cc23)cc1C. The molecule has 1 unspecified atom stereocenters. The van der Waals surface area contributed by atoms with Crippen molar-refractivity contribution < 1.29 is 4.74 Å². The minimum atomic E-state index is 0.243. The largest absolute Gasteiger partial charge is 0.496 e. The first-order chi connectivity index (χ1) is 15.2. The standard InChI is InChI=1S/C26H24N4O/c1-16-12-19(7-11-25(16)31-2)26-22-14-20(8-10-24(22)29-30-26)28-23-5-3-4-18-13-17(15-27)6-9-21(18)23/h6-14,23,28H,3-5H2,1-2H3,(H,29,30). The van der Waals surface area contributed by atoms with Gasteiger partial charge in [0, 0.05) is 16.6 Å². The van der Waals surface area contributed by atoms with E-state index in [4.69, 9.17) is 4.74 Å². The van der Waals surface area contributed by atoms with Gasteiger partial charge in [-0.05, 0) is 91.4 Å². The highest BCUT2D eigenvalue weighted by molar-refractivity contribution is 5.95. The maximum absolute atomic E-state index is 9.21. The Labute approximate surface area is 181 Å². The van der Waals surface area contributed by atoms with Gasteiger partial charge in [0.25, 0.3) is 0 Å². The maximum Gasteiger partial charge on any atom is 0.121 e. The zero-order valence-electron chi connectivity index (χ0n) is 17.7. The topological polar surface area (TPSA) is 73.7 Å². The number of nitrogens with zero attached hydrogens (tertiary/aromatic N) is 2. The van der Waals surface area contributed by atoms with Crippen LogP contribution < -0.4 is 10.1 Å². The number of aromatic nitrogens is 2. The number of aromatic amines is 1. The lowest BCUT2D eigenvalue weighted by molar-refractivity contribution is 0.412. The van der Waals surface area contributed by atoms with Crippen molar-refractivity contribution in [3.05, 3.63) is 76.9 Å². The second-order valence-corrected chi connectivity index (χ2v) is 8.13. The summed E-state index contributed by atoms with van der Waals surface area (Å²) in [7, 11) is 1.69. The van der Waals surface area contributed by atoms with Crippen LogP contribution in [0.25, 0.3) is 22.2 Å². The Hall–Kier alpha value is -3.78. The van der Waals surface area contributed by atoms with E-state index in [9.17, 15) is 5.26 Å². The van der Waals surface area contributed by atoms with Crippen LogP contribution in [0.5, 0.6) is 5.75 Å². The number of ether oxygens (including phenoxy) is 1. The highest BCUT2D eigenvalue weighted by atomic mass is 16.5. The van der Waals surface area contributed by atoms with Crippen molar-refractivity contribution in [1.29, 1.82) is 5.26 Å². The molecule has 1 aliphatic rings. The van der Waals surface area contributed by atoms with Gasteiger partial charge >= 0.3 is 0 Å². The van der Waals surface area contributed by atoms with E-state index in [1.54, 1.807) is 7.11 Å². The molecular formula is C26H24N4O. The number of rotatable bonds is 4. The monoisotopic (exact) mass is 408 g/mol. The number of nitrogens with one attached hydrogen (secondary N) is 2. The lowest BCUT2D eigenvalue weighted by Gasteiger charge is -2.27. The number of anilines is 1. The molecular weight excluding hydrogens is 384 g/mol. The van der Waals surface area contributed by atoms with Crippen molar-refractivity contribution in [2.75, 3.05) is 12.4 Å². The second kappa shape index (κ2) is 7.81. The molecule has 0 saturated carbocycles. The van der Waals surface area contributed by atoms with Crippen LogP contribution in [0.4, 0.5) is 5.69 Å². The molecule has 5 rings (SSSR count). The summed E-state index contributed by atoms with van der Waals surface area (Å²) in [5.41, 5.74) is 8.48. The molecule has 0 radical (unpaired) electrons. The van der Waals surface area contributed by atoms with Crippen LogP contribution in [0.15, 0.2) is 54.6 Å². The molecule has 0 fully saturated rings. The number of methoxy groups -OCH3 is 1. The molecule has 1 aromatic heterocycles. The summed E-state index contributed by atoms with van der Waals surface area (Å²) in [6.07, 6.45) is 3.22. The van der Waals surface area contributed by atoms with E-state index < -0.39 is 0 Å². The van der Waals surface area contributed by atoms with Crippen LogP contribution in [0.1, 0.15) is 41.1 Å². The fourth-order valence-electron chi connectivity index (χ4n) is 4.58. The van der Waals surface area contributed by atoms with Gasteiger partial charge in [-0.25, -0.2) is 0 Å². The van der Waals surface area contributed by atoms with E-state index >= 15 is 0 Å². The molecule has 1 aliphatic carbocycles. The van der Waals surface area contributed by atoms with E-state index in [-0.39, 0.29) is 6.04 Å². The quantitative estimate of drug-likeness (QED) is 0.440. The zero-order chi connectivity index (χ0) is 21.4. The molecule has 1 atom stereocenters. The molecule has 4 aromatic rings. The van der Waals surface area contributed by atoms with Crippen molar-refractivity contribution in [2.45, 2.75) is 32.2 Å². The number of nitriles is 1. The number of H-pyrrole nitrogens is 1. The summed E-state index contributed by atoms with van der Waals surface area (Å²) in [5.74, 6) is 0.876. The molecule has 0 spiro atoms. The molecule has 154 valence electrons. The molecule has 2 N–H and O–H groups in total. The Bertz CT molecular complexity index is 1310. The third-order valence-corrected chi connectivity index (χ3v) is 6.16. The first-order valence-electron chi connectivity index (χ1n) is 10.6. The van der Waals surface area contributed by atoms with Crippen LogP contribution in [0, 0.1) is 18.3 Å². The Morgan fingerprint density at radius 2 is 2.03 bits per heavy atom. The average Bonchev–Trinajstić information content (AvgIpc) is 3.22. The normalized spacial score (nSPS) is 15.3. The summed E-state index contributed by atoms with van der Waals surface area (Å²) in [6, 6.07) is 21.0. The van der Waals surface area contributed by atoms with Crippen molar-refractivity contribution >= 4 is 16.6 Å². The van der Waals surface area contributed by atoms with Crippen molar-refractivity contribution in [3.8, 4) is 23.1 Å². The van der Waals surface area contributed by atoms with Crippen molar-refractivity contribution in [2.24, 2.45) is 0 Å². The number of aryl methyl sites for hydroxylation is 2. The van der Waals surface area contributed by atoms with Crippen LogP contribution in [-0.2, 0) is 6.42 Å². The molecule has 0 amide bonds. The van der Waals surface area contributed by atoms with Crippen LogP contribution in [-0.4, -0.2) is 17.3 Å². The molecule has 5 heteroatoms. The summed E-state index contributed by atoms with van der Waals surface area (Å²) in [4.78, 5) is 0. The molecule has 0 aliphatic heterocycles. The number of hydrogen-bond donors (Lipinski definition) is 2. The van der Waals surface area contributed by atoms with E-state index in [0.29, 0.717) is 0 Å². The number of hydrogen-bond acceptors (Lipinski definition) is 4. The van der Waals surface area contributed by atoms with Gasteiger partial charge in [0.05, 0.1) is 36.0 Å². The summed E-state index contributed by atoms with van der Waals surface area (Å²) in [6.45, 7) is 2.04. The maximum atomic E-state index is 9.21. The number of benzene rings is 3. The predicted octanol–water partition coefficient (Wildman–Crippen LogP) is 5.91. The summed E-state index contributed by atoms with van der Waals surface area (Å²) < 4.78 is 5.40.